The zero-order valence-electron chi connectivity index (χ0n) is 15.8. The van der Waals surface area contributed by atoms with Crippen molar-refractivity contribution >= 4 is 17.2 Å². The first-order valence-electron chi connectivity index (χ1n) is 9.02. The summed E-state index contributed by atoms with van der Waals surface area (Å²) < 4.78 is 5.41. The van der Waals surface area contributed by atoms with Gasteiger partial charge in [0.1, 0.15) is 10.8 Å². The van der Waals surface area contributed by atoms with Crippen molar-refractivity contribution in [2.75, 3.05) is 6.61 Å². The third-order valence-corrected chi connectivity index (χ3v) is 5.80. The minimum atomic E-state index is -0.268. The highest BCUT2D eigenvalue weighted by molar-refractivity contribution is 7.15. The van der Waals surface area contributed by atoms with E-state index in [0.29, 0.717) is 24.3 Å². The molecule has 2 aromatic heterocycles. The molecule has 0 spiro atoms. The summed E-state index contributed by atoms with van der Waals surface area (Å²) >= 11 is 1.62. The van der Waals surface area contributed by atoms with Crippen LogP contribution in [0.1, 0.15) is 40.0 Å². The zero-order valence-corrected chi connectivity index (χ0v) is 16.6. The molecular weight excluding hydrogens is 360 g/mol. The predicted molar refractivity (Wildman–Crippen MR) is 107 cm³/mol. The van der Waals surface area contributed by atoms with Gasteiger partial charge in [0.15, 0.2) is 0 Å². The van der Waals surface area contributed by atoms with Gasteiger partial charge in [0, 0.05) is 16.0 Å². The number of hydrogen-bond donors (Lipinski definition) is 1. The predicted octanol–water partition coefficient (Wildman–Crippen LogP) is 4.43. The average Bonchev–Trinajstić information content (AvgIpc) is 3.31. The molecule has 0 aliphatic carbocycles. The molecule has 0 saturated heterocycles. The maximum Gasteiger partial charge on any atom is 0.254 e. The van der Waals surface area contributed by atoms with Gasteiger partial charge in [0.25, 0.3) is 5.91 Å². The number of benzene rings is 1. The standard InChI is InChI=1S/C21H24N2O3S/c1-4-18(13-24)23(12-19-9-6-10-26-19)21(25)17-8-5-7-16(11-17)20-22-14(2)15(3)27-20/h5-11,18,24H,4,12-13H2,1-3H3. The highest BCUT2D eigenvalue weighted by Crippen LogP contribution is 2.28. The minimum Gasteiger partial charge on any atom is -0.467 e. The Labute approximate surface area is 163 Å². The maximum atomic E-state index is 13.2. The highest BCUT2D eigenvalue weighted by Gasteiger charge is 2.24. The molecule has 1 atom stereocenters. The molecule has 1 unspecified atom stereocenters. The van der Waals surface area contributed by atoms with E-state index in [-0.39, 0.29) is 18.6 Å². The summed E-state index contributed by atoms with van der Waals surface area (Å²) in [7, 11) is 0. The lowest BCUT2D eigenvalue weighted by atomic mass is 10.1. The quantitative estimate of drug-likeness (QED) is 0.654. The smallest absolute Gasteiger partial charge is 0.254 e. The van der Waals surface area contributed by atoms with Crippen LogP contribution in [0.15, 0.2) is 47.1 Å². The third-order valence-electron chi connectivity index (χ3n) is 4.67. The van der Waals surface area contributed by atoms with Gasteiger partial charge in [0.05, 0.1) is 31.2 Å². The number of aliphatic hydroxyl groups excluding tert-OH is 1. The molecule has 2 heterocycles. The molecule has 1 aromatic carbocycles. The molecule has 5 nitrogen and oxygen atoms in total. The van der Waals surface area contributed by atoms with Gasteiger partial charge in [-0.05, 0) is 44.5 Å². The summed E-state index contributed by atoms with van der Waals surface area (Å²) in [4.78, 5) is 20.7. The van der Waals surface area contributed by atoms with Gasteiger partial charge < -0.3 is 14.4 Å². The minimum absolute atomic E-state index is 0.0898. The Bertz CT molecular complexity index is 879. The van der Waals surface area contributed by atoms with Crippen LogP contribution in [0.2, 0.25) is 0 Å². The monoisotopic (exact) mass is 384 g/mol. The molecule has 0 aliphatic rings. The van der Waals surface area contributed by atoms with Crippen molar-refractivity contribution in [1.82, 2.24) is 9.88 Å². The lowest BCUT2D eigenvalue weighted by Crippen LogP contribution is -2.41. The van der Waals surface area contributed by atoms with Crippen LogP contribution in [0.4, 0.5) is 0 Å². The number of carbonyl (C=O) groups is 1. The van der Waals surface area contributed by atoms with Crippen molar-refractivity contribution in [3.05, 3.63) is 64.6 Å². The summed E-state index contributed by atoms with van der Waals surface area (Å²) in [5.74, 6) is 0.566. The number of aromatic nitrogens is 1. The molecule has 0 saturated carbocycles. The van der Waals surface area contributed by atoms with Gasteiger partial charge in [-0.25, -0.2) is 4.98 Å². The van der Waals surface area contributed by atoms with Gasteiger partial charge in [0.2, 0.25) is 0 Å². The van der Waals surface area contributed by atoms with Crippen LogP contribution in [0.3, 0.4) is 0 Å². The number of aryl methyl sites for hydroxylation is 2. The number of amides is 1. The van der Waals surface area contributed by atoms with E-state index in [1.54, 1.807) is 34.6 Å². The van der Waals surface area contributed by atoms with E-state index in [0.717, 1.165) is 16.3 Å². The molecule has 142 valence electrons. The van der Waals surface area contributed by atoms with Crippen molar-refractivity contribution in [1.29, 1.82) is 0 Å². The fourth-order valence-electron chi connectivity index (χ4n) is 2.93. The number of hydrogen-bond acceptors (Lipinski definition) is 5. The van der Waals surface area contributed by atoms with Crippen LogP contribution >= 0.6 is 11.3 Å². The summed E-state index contributed by atoms with van der Waals surface area (Å²) in [6, 6.07) is 10.9. The van der Waals surface area contributed by atoms with E-state index in [9.17, 15) is 9.90 Å². The first-order valence-corrected chi connectivity index (χ1v) is 9.83. The number of thiazole rings is 1. The topological polar surface area (TPSA) is 66.6 Å². The van der Waals surface area contributed by atoms with Crippen LogP contribution in [-0.2, 0) is 6.54 Å². The molecule has 0 fully saturated rings. The van der Waals surface area contributed by atoms with Crippen LogP contribution in [0.25, 0.3) is 10.6 Å². The fraction of sp³-hybridized carbons (Fsp3) is 0.333. The van der Waals surface area contributed by atoms with Gasteiger partial charge in [-0.3, -0.25) is 4.79 Å². The van der Waals surface area contributed by atoms with Crippen molar-refractivity contribution in [3.63, 3.8) is 0 Å². The Balaban J connectivity index is 1.92. The SMILES string of the molecule is CCC(CO)N(Cc1ccco1)C(=O)c1cccc(-c2nc(C)c(C)s2)c1. The molecule has 0 aliphatic heterocycles. The largest absolute Gasteiger partial charge is 0.467 e. The molecular formula is C21H24N2O3S. The zero-order chi connectivity index (χ0) is 19.4. The molecule has 0 radical (unpaired) electrons. The van der Waals surface area contributed by atoms with Gasteiger partial charge in [-0.1, -0.05) is 19.1 Å². The summed E-state index contributed by atoms with van der Waals surface area (Å²) in [6.07, 6.45) is 2.25. The second kappa shape index (κ2) is 8.50. The second-order valence-corrected chi connectivity index (χ2v) is 7.70. The molecule has 3 rings (SSSR count). The summed E-state index contributed by atoms with van der Waals surface area (Å²) in [5.41, 5.74) is 2.52. The number of carbonyl (C=O) groups excluding carboxylic acids is 1. The van der Waals surface area contributed by atoms with E-state index < -0.39 is 0 Å². The number of aliphatic hydroxyl groups is 1. The van der Waals surface area contributed by atoms with E-state index in [4.69, 9.17) is 4.42 Å². The van der Waals surface area contributed by atoms with Crippen molar-refractivity contribution in [2.45, 2.75) is 39.8 Å². The van der Waals surface area contributed by atoms with Crippen LogP contribution < -0.4 is 0 Å². The van der Waals surface area contributed by atoms with E-state index in [1.165, 1.54) is 4.88 Å². The Morgan fingerprint density at radius 3 is 2.70 bits per heavy atom. The Morgan fingerprint density at radius 1 is 1.30 bits per heavy atom. The number of furan rings is 1. The van der Waals surface area contributed by atoms with Gasteiger partial charge >= 0.3 is 0 Å². The lowest BCUT2D eigenvalue weighted by Gasteiger charge is -2.29. The summed E-state index contributed by atoms with van der Waals surface area (Å²) in [5, 5.41) is 10.7. The van der Waals surface area contributed by atoms with Crippen molar-refractivity contribution in [2.24, 2.45) is 0 Å². The van der Waals surface area contributed by atoms with E-state index in [1.807, 2.05) is 45.0 Å². The van der Waals surface area contributed by atoms with E-state index >= 15 is 0 Å². The van der Waals surface area contributed by atoms with Gasteiger partial charge in [-0.15, -0.1) is 11.3 Å². The van der Waals surface area contributed by atoms with Crippen LogP contribution in [0, 0.1) is 13.8 Å². The molecule has 27 heavy (non-hydrogen) atoms. The average molecular weight is 385 g/mol. The molecule has 1 amide bonds. The molecule has 3 aromatic rings. The Kier molecular flexibility index (Phi) is 6.08. The third kappa shape index (κ3) is 4.28. The Hall–Kier alpha value is -2.44. The number of nitrogens with zero attached hydrogens (tertiary/aromatic N) is 2. The fourth-order valence-corrected chi connectivity index (χ4v) is 3.84. The van der Waals surface area contributed by atoms with Gasteiger partial charge in [-0.2, -0.15) is 0 Å². The van der Waals surface area contributed by atoms with Crippen LogP contribution in [-0.4, -0.2) is 33.5 Å². The highest BCUT2D eigenvalue weighted by atomic mass is 32.1. The second-order valence-electron chi connectivity index (χ2n) is 6.50. The van der Waals surface area contributed by atoms with Crippen molar-refractivity contribution in [3.8, 4) is 10.6 Å². The molecule has 1 N–H and O–H groups in total. The normalized spacial score (nSPS) is 12.1. The summed E-state index contributed by atoms with van der Waals surface area (Å²) in [6.45, 7) is 6.23. The molecule has 0 bridgehead atoms. The first-order chi connectivity index (χ1) is 13.0. The van der Waals surface area contributed by atoms with Crippen LogP contribution in [0.5, 0.6) is 0 Å². The molecule has 6 heteroatoms. The Morgan fingerprint density at radius 2 is 2.11 bits per heavy atom. The number of rotatable bonds is 7. The van der Waals surface area contributed by atoms with E-state index in [2.05, 4.69) is 4.98 Å². The first kappa shape index (κ1) is 19.3. The lowest BCUT2D eigenvalue weighted by molar-refractivity contribution is 0.0545. The van der Waals surface area contributed by atoms with Crippen molar-refractivity contribution < 1.29 is 14.3 Å². The maximum absolute atomic E-state index is 13.2.